The van der Waals surface area contributed by atoms with Gasteiger partial charge in [0.1, 0.15) is 5.01 Å². The molecule has 60 heavy (non-hydrogen) atoms. The number of thiazole rings is 1. The van der Waals surface area contributed by atoms with E-state index in [1.807, 2.05) is 0 Å². The van der Waals surface area contributed by atoms with Gasteiger partial charge in [0.05, 0.1) is 26.8 Å². The van der Waals surface area contributed by atoms with Crippen LogP contribution >= 0.6 is 11.3 Å². The van der Waals surface area contributed by atoms with Crippen LogP contribution in [0.5, 0.6) is 0 Å². The van der Waals surface area contributed by atoms with Crippen LogP contribution in [0.15, 0.2) is 188 Å². The Bertz CT molecular complexity index is 3680. The number of fused-ring (bicyclic) bond motifs is 12. The quantitative estimate of drug-likeness (QED) is 0.173. The fraction of sp³-hybridized carbons (Fsp3) is 0.0536. The lowest BCUT2D eigenvalue weighted by Crippen LogP contribution is -2.16. The van der Waals surface area contributed by atoms with Crippen LogP contribution in [-0.2, 0) is 5.41 Å². The molecule has 0 saturated carbocycles. The predicted molar refractivity (Wildman–Crippen MR) is 255 cm³/mol. The van der Waals surface area contributed by atoms with Gasteiger partial charge in [0.15, 0.2) is 0 Å². The third-order valence-electron chi connectivity index (χ3n) is 13.1. The molecule has 0 amide bonds. The molecule has 0 fully saturated rings. The Balaban J connectivity index is 1.06. The van der Waals surface area contributed by atoms with Crippen LogP contribution < -0.4 is 4.90 Å². The van der Waals surface area contributed by atoms with E-state index >= 15 is 0 Å². The summed E-state index contributed by atoms with van der Waals surface area (Å²) in [6.45, 7) is 4.73. The van der Waals surface area contributed by atoms with Crippen LogP contribution in [0.4, 0.5) is 17.1 Å². The maximum atomic E-state index is 5.29. The second-order valence-electron chi connectivity index (χ2n) is 16.7. The van der Waals surface area contributed by atoms with Crippen molar-refractivity contribution in [3.05, 3.63) is 199 Å². The number of anilines is 3. The van der Waals surface area contributed by atoms with E-state index in [9.17, 15) is 0 Å². The Morgan fingerprint density at radius 2 is 1.15 bits per heavy atom. The molecule has 0 N–H and O–H groups in total. The van der Waals surface area contributed by atoms with Gasteiger partial charge in [-0.25, -0.2) is 4.98 Å². The summed E-state index contributed by atoms with van der Waals surface area (Å²) in [6.07, 6.45) is 0. The molecule has 3 nitrogen and oxygen atoms in total. The lowest BCUT2D eigenvalue weighted by molar-refractivity contribution is 0.660. The summed E-state index contributed by atoms with van der Waals surface area (Å²) in [5.41, 5.74) is 17.0. The third-order valence-corrected chi connectivity index (χ3v) is 14.3. The van der Waals surface area contributed by atoms with E-state index in [2.05, 4.69) is 211 Å². The van der Waals surface area contributed by atoms with Gasteiger partial charge in [-0.3, -0.25) is 0 Å². The average molecular weight is 784 g/mol. The molecule has 13 rings (SSSR count). The van der Waals surface area contributed by atoms with Gasteiger partial charge < -0.3 is 9.30 Å². The molecule has 0 radical (unpaired) electrons. The minimum Gasteiger partial charge on any atom is -0.310 e. The highest BCUT2D eigenvalue weighted by Gasteiger charge is 2.36. The van der Waals surface area contributed by atoms with E-state index in [1.165, 1.54) is 86.9 Å². The Morgan fingerprint density at radius 1 is 0.483 bits per heavy atom. The van der Waals surface area contributed by atoms with Crippen LogP contribution in [0, 0.1) is 0 Å². The van der Waals surface area contributed by atoms with Gasteiger partial charge in [-0.1, -0.05) is 147 Å². The third kappa shape index (κ3) is 4.68. The predicted octanol–water partition coefficient (Wildman–Crippen LogP) is 15.7. The summed E-state index contributed by atoms with van der Waals surface area (Å²) in [4.78, 5) is 7.75. The van der Waals surface area contributed by atoms with Gasteiger partial charge in [-0.2, -0.15) is 0 Å². The first-order valence-electron chi connectivity index (χ1n) is 20.7. The number of hydrogen-bond donors (Lipinski definition) is 0. The number of para-hydroxylation sites is 1. The molecule has 0 spiro atoms. The molecular weight excluding hydrogens is 747 g/mol. The molecule has 1 aliphatic rings. The topological polar surface area (TPSA) is 20.5 Å². The number of rotatable bonds is 5. The van der Waals surface area contributed by atoms with Crippen molar-refractivity contribution in [2.75, 3.05) is 4.90 Å². The smallest absolute Gasteiger partial charge is 0.124 e. The van der Waals surface area contributed by atoms with Crippen molar-refractivity contribution >= 4 is 87.5 Å². The van der Waals surface area contributed by atoms with Crippen molar-refractivity contribution in [2.45, 2.75) is 19.3 Å². The van der Waals surface area contributed by atoms with Crippen LogP contribution in [0.25, 0.3) is 91.9 Å². The van der Waals surface area contributed by atoms with Gasteiger partial charge in [0.25, 0.3) is 0 Å². The van der Waals surface area contributed by atoms with Crippen LogP contribution in [0.2, 0.25) is 0 Å². The SMILES string of the molecule is CC1(C)c2ccccc2-c2ccc(N(c3ccc(-c4cccc5ccccc45)cc3)c3ccc4c(c3)c3c5sc(-c6ccccc6)nc5cc5c6ccccc6n4c53)cc21. The molecule has 4 heteroatoms. The lowest BCUT2D eigenvalue weighted by Gasteiger charge is -2.28. The van der Waals surface area contributed by atoms with Gasteiger partial charge in [0.2, 0.25) is 0 Å². The maximum absolute atomic E-state index is 5.29. The summed E-state index contributed by atoms with van der Waals surface area (Å²) in [5, 5.41) is 8.57. The minimum absolute atomic E-state index is 0.127. The van der Waals surface area contributed by atoms with Crippen molar-refractivity contribution in [1.29, 1.82) is 0 Å². The van der Waals surface area contributed by atoms with Gasteiger partial charge in [-0.15, -0.1) is 11.3 Å². The van der Waals surface area contributed by atoms with Crippen LogP contribution in [0.1, 0.15) is 25.0 Å². The van der Waals surface area contributed by atoms with E-state index in [0.29, 0.717) is 0 Å². The highest BCUT2D eigenvalue weighted by molar-refractivity contribution is 7.22. The van der Waals surface area contributed by atoms with Crippen molar-refractivity contribution in [3.63, 3.8) is 0 Å². The zero-order valence-corrected chi connectivity index (χ0v) is 34.0. The first kappa shape index (κ1) is 33.7. The molecule has 282 valence electrons. The highest BCUT2D eigenvalue weighted by Crippen LogP contribution is 2.52. The largest absolute Gasteiger partial charge is 0.310 e. The standard InChI is InChI=1S/C56H37N3S/c1-56(2)47-21-10-8-18-42(47)43-29-27-39(32-48(43)56)58(37-25-23-35(24-26-37)41-20-12-16-34-13-6-7-17-40(34)41)38-28-30-51-46(31-38)52-53-45(44-19-9-11-22-50(44)59(51)53)33-49-54(52)60-55(57-49)36-14-4-3-5-15-36/h3-33H,1-2H3. The fourth-order valence-corrected chi connectivity index (χ4v) is 11.4. The molecule has 0 bridgehead atoms. The van der Waals surface area contributed by atoms with E-state index < -0.39 is 0 Å². The second-order valence-corrected chi connectivity index (χ2v) is 17.7. The molecule has 3 heterocycles. The van der Waals surface area contributed by atoms with Crippen molar-refractivity contribution < 1.29 is 0 Å². The average Bonchev–Trinajstić information content (AvgIpc) is 4.03. The number of aromatic nitrogens is 2. The van der Waals surface area contributed by atoms with E-state index in [-0.39, 0.29) is 5.41 Å². The zero-order chi connectivity index (χ0) is 39.7. The maximum Gasteiger partial charge on any atom is 0.124 e. The van der Waals surface area contributed by atoms with Crippen molar-refractivity contribution in [2.24, 2.45) is 0 Å². The molecule has 3 aromatic heterocycles. The summed E-state index contributed by atoms with van der Waals surface area (Å²) < 4.78 is 3.71. The Labute approximate surface area is 351 Å². The van der Waals surface area contributed by atoms with Crippen molar-refractivity contribution in [3.8, 4) is 32.8 Å². The molecule has 0 unspecified atom stereocenters. The fourth-order valence-electron chi connectivity index (χ4n) is 10.3. The number of hydrogen-bond acceptors (Lipinski definition) is 3. The first-order valence-corrected chi connectivity index (χ1v) is 21.5. The Morgan fingerprint density at radius 3 is 2.03 bits per heavy atom. The van der Waals surface area contributed by atoms with E-state index in [4.69, 9.17) is 4.98 Å². The number of benzene rings is 9. The summed E-state index contributed by atoms with van der Waals surface area (Å²) in [5.74, 6) is 0. The molecule has 12 aromatic rings. The van der Waals surface area contributed by atoms with Gasteiger partial charge in [-0.05, 0) is 98.8 Å². The highest BCUT2D eigenvalue weighted by atomic mass is 32.1. The van der Waals surface area contributed by atoms with E-state index in [1.54, 1.807) is 11.3 Å². The normalized spacial score (nSPS) is 13.3. The second kappa shape index (κ2) is 12.4. The van der Waals surface area contributed by atoms with Gasteiger partial charge >= 0.3 is 0 Å². The van der Waals surface area contributed by atoms with E-state index in [0.717, 1.165) is 33.1 Å². The van der Waals surface area contributed by atoms with Gasteiger partial charge in [0, 0.05) is 49.6 Å². The summed E-state index contributed by atoms with van der Waals surface area (Å²) in [7, 11) is 0. The summed E-state index contributed by atoms with van der Waals surface area (Å²) in [6, 6.07) is 69.2. The van der Waals surface area contributed by atoms with Crippen LogP contribution in [-0.4, -0.2) is 9.38 Å². The molecule has 0 saturated heterocycles. The van der Waals surface area contributed by atoms with Crippen molar-refractivity contribution in [1.82, 2.24) is 9.38 Å². The monoisotopic (exact) mass is 783 g/mol. The Hall–Kier alpha value is -7.27. The molecular formula is C56H37N3S. The minimum atomic E-state index is -0.127. The summed E-state index contributed by atoms with van der Waals surface area (Å²) >= 11 is 1.80. The molecule has 1 aliphatic carbocycles. The Kier molecular flexibility index (Phi) is 6.94. The number of nitrogens with zero attached hydrogens (tertiary/aromatic N) is 3. The zero-order valence-electron chi connectivity index (χ0n) is 33.1. The first-order chi connectivity index (χ1) is 29.5. The molecule has 0 atom stereocenters. The molecule has 0 aliphatic heterocycles. The lowest BCUT2D eigenvalue weighted by atomic mass is 9.82. The molecule has 9 aromatic carbocycles. The van der Waals surface area contributed by atoms with Crippen LogP contribution in [0.3, 0.4) is 0 Å².